The lowest BCUT2D eigenvalue weighted by Crippen LogP contribution is -2.19. The molecule has 33 heavy (non-hydrogen) atoms. The molecule has 6 nitrogen and oxygen atoms in total. The number of methoxy groups -OCH3 is 1. The molecule has 0 atom stereocenters. The summed E-state index contributed by atoms with van der Waals surface area (Å²) in [6.45, 7) is 7.02. The van der Waals surface area contributed by atoms with Gasteiger partial charge in [0.2, 0.25) is 5.91 Å². The number of amides is 1. The molecule has 0 fully saturated rings. The fourth-order valence-corrected chi connectivity index (χ4v) is 3.18. The van der Waals surface area contributed by atoms with Crippen LogP contribution in [0.1, 0.15) is 43.0 Å². The highest BCUT2D eigenvalue weighted by molar-refractivity contribution is 5.84. The molecule has 0 heterocycles. The van der Waals surface area contributed by atoms with E-state index in [9.17, 15) is 4.79 Å². The van der Waals surface area contributed by atoms with Crippen molar-refractivity contribution in [3.63, 3.8) is 0 Å². The Bertz CT molecular complexity index is 1100. The molecule has 3 rings (SSSR count). The lowest BCUT2D eigenvalue weighted by Gasteiger charge is -2.19. The lowest BCUT2D eigenvalue weighted by atomic mass is 9.87. The molecule has 0 aliphatic heterocycles. The number of hydrogen-bond acceptors (Lipinski definition) is 5. The number of nitrogens with two attached hydrogens (primary N) is 1. The second-order valence-electron chi connectivity index (χ2n) is 8.86. The number of ether oxygens (including phenoxy) is 2. The first-order valence-corrected chi connectivity index (χ1v) is 10.8. The van der Waals surface area contributed by atoms with E-state index in [1.54, 1.807) is 25.5 Å². The first-order valence-electron chi connectivity index (χ1n) is 10.8. The highest BCUT2D eigenvalue weighted by atomic mass is 16.5. The molecule has 0 bridgehead atoms. The summed E-state index contributed by atoms with van der Waals surface area (Å²) in [5.41, 5.74) is 13.0. The fourth-order valence-electron chi connectivity index (χ4n) is 3.18. The van der Waals surface area contributed by atoms with Gasteiger partial charge in [-0.2, -0.15) is 5.10 Å². The van der Waals surface area contributed by atoms with Crippen LogP contribution in [0.3, 0.4) is 0 Å². The van der Waals surface area contributed by atoms with Crippen molar-refractivity contribution in [2.75, 3.05) is 12.8 Å². The van der Waals surface area contributed by atoms with Gasteiger partial charge in [0, 0.05) is 5.69 Å². The van der Waals surface area contributed by atoms with Crippen LogP contribution in [0, 0.1) is 0 Å². The number of nitrogens with one attached hydrogen (secondary N) is 1. The van der Waals surface area contributed by atoms with E-state index in [0.717, 1.165) is 16.7 Å². The largest absolute Gasteiger partial charge is 0.493 e. The molecule has 3 aromatic carbocycles. The molecule has 3 aromatic rings. The minimum Gasteiger partial charge on any atom is -0.493 e. The second kappa shape index (κ2) is 10.7. The van der Waals surface area contributed by atoms with Gasteiger partial charge in [0.1, 0.15) is 6.61 Å². The molecule has 0 saturated heterocycles. The quantitative estimate of drug-likeness (QED) is 0.295. The Labute approximate surface area is 195 Å². The number of rotatable bonds is 8. The van der Waals surface area contributed by atoms with Crippen molar-refractivity contribution in [1.29, 1.82) is 0 Å². The van der Waals surface area contributed by atoms with Gasteiger partial charge in [-0.3, -0.25) is 4.79 Å². The van der Waals surface area contributed by atoms with Crippen molar-refractivity contribution in [3.05, 3.63) is 89.0 Å². The molecule has 0 aliphatic rings. The van der Waals surface area contributed by atoms with Gasteiger partial charge in [0.15, 0.2) is 11.5 Å². The monoisotopic (exact) mass is 445 g/mol. The number of carbonyl (C=O) groups excluding carboxylic acids is 1. The smallest absolute Gasteiger partial charge is 0.244 e. The van der Waals surface area contributed by atoms with Gasteiger partial charge in [0.05, 0.1) is 19.7 Å². The number of hydrazone groups is 1. The predicted molar refractivity (Wildman–Crippen MR) is 133 cm³/mol. The summed E-state index contributed by atoms with van der Waals surface area (Å²) in [5, 5.41) is 4.04. The minimum absolute atomic E-state index is 0.121. The van der Waals surface area contributed by atoms with Crippen molar-refractivity contribution in [2.45, 2.75) is 39.2 Å². The van der Waals surface area contributed by atoms with Crippen molar-refractivity contribution in [3.8, 4) is 11.5 Å². The SMILES string of the molecule is COc1cc(/C=N\NC(=O)Cc2ccc(N)cc2)ccc1OCc1ccc(C(C)(C)C)cc1. The van der Waals surface area contributed by atoms with Crippen LogP contribution in [0.5, 0.6) is 11.5 Å². The Balaban J connectivity index is 1.56. The molecular formula is C27H31N3O3. The van der Waals surface area contributed by atoms with Gasteiger partial charge in [-0.1, -0.05) is 57.2 Å². The Morgan fingerprint density at radius 3 is 2.27 bits per heavy atom. The molecule has 3 N–H and O–H groups in total. The van der Waals surface area contributed by atoms with Gasteiger partial charge in [-0.25, -0.2) is 5.43 Å². The molecule has 172 valence electrons. The molecule has 0 aromatic heterocycles. The molecule has 1 amide bonds. The fraction of sp³-hybridized carbons (Fsp3) is 0.259. The Morgan fingerprint density at radius 1 is 0.970 bits per heavy atom. The average molecular weight is 446 g/mol. The standard InChI is InChI=1S/C27H31N3O3/c1-27(2,3)22-10-5-20(6-11-22)18-33-24-14-9-21(15-25(24)32-4)17-29-30-26(31)16-19-7-12-23(28)13-8-19/h5-15,17H,16,18,28H2,1-4H3,(H,30,31)/b29-17-. The van der Waals surface area contributed by atoms with Crippen LogP contribution in [-0.4, -0.2) is 19.2 Å². The van der Waals surface area contributed by atoms with E-state index in [1.165, 1.54) is 5.56 Å². The molecule has 0 radical (unpaired) electrons. The summed E-state index contributed by atoms with van der Waals surface area (Å²) < 4.78 is 11.4. The van der Waals surface area contributed by atoms with Crippen LogP contribution in [0.4, 0.5) is 5.69 Å². The van der Waals surface area contributed by atoms with Crippen molar-refractivity contribution in [2.24, 2.45) is 5.10 Å². The first-order chi connectivity index (χ1) is 15.7. The van der Waals surface area contributed by atoms with Gasteiger partial charge in [-0.05, 0) is 58.0 Å². The number of hydrogen-bond donors (Lipinski definition) is 2. The van der Waals surface area contributed by atoms with Crippen LogP contribution in [0.25, 0.3) is 0 Å². The van der Waals surface area contributed by atoms with Crippen LogP contribution in [0.2, 0.25) is 0 Å². The van der Waals surface area contributed by atoms with Crippen molar-refractivity contribution >= 4 is 17.8 Å². The van der Waals surface area contributed by atoms with Crippen LogP contribution in [0.15, 0.2) is 71.8 Å². The van der Waals surface area contributed by atoms with Gasteiger partial charge >= 0.3 is 0 Å². The summed E-state index contributed by atoms with van der Waals surface area (Å²) in [7, 11) is 1.59. The molecule has 0 spiro atoms. The second-order valence-corrected chi connectivity index (χ2v) is 8.86. The predicted octanol–water partition coefficient (Wildman–Crippen LogP) is 4.85. The Kier molecular flexibility index (Phi) is 7.72. The zero-order valence-corrected chi connectivity index (χ0v) is 19.6. The van der Waals surface area contributed by atoms with E-state index in [1.807, 2.05) is 30.3 Å². The molecule has 6 heteroatoms. The molecule has 0 unspecified atom stereocenters. The Hall–Kier alpha value is -3.80. The van der Waals surface area contributed by atoms with Crippen molar-refractivity contribution in [1.82, 2.24) is 5.43 Å². The molecule has 0 aliphatic carbocycles. The third-order valence-corrected chi connectivity index (χ3v) is 5.15. The normalized spacial score (nSPS) is 11.4. The molecular weight excluding hydrogens is 414 g/mol. The summed E-state index contributed by atoms with van der Waals surface area (Å²) in [5.74, 6) is 1.03. The Morgan fingerprint density at radius 2 is 1.64 bits per heavy atom. The summed E-state index contributed by atoms with van der Waals surface area (Å²) in [6, 6.07) is 21.1. The third kappa shape index (κ3) is 7.10. The average Bonchev–Trinajstić information content (AvgIpc) is 2.79. The summed E-state index contributed by atoms with van der Waals surface area (Å²) in [6.07, 6.45) is 1.79. The van der Waals surface area contributed by atoms with Gasteiger partial charge < -0.3 is 15.2 Å². The summed E-state index contributed by atoms with van der Waals surface area (Å²) in [4.78, 5) is 12.1. The number of nitrogen functional groups attached to an aromatic ring is 1. The lowest BCUT2D eigenvalue weighted by molar-refractivity contribution is -0.120. The van der Waals surface area contributed by atoms with E-state index in [-0.39, 0.29) is 17.7 Å². The first kappa shape index (κ1) is 23.9. The minimum atomic E-state index is -0.208. The van der Waals surface area contributed by atoms with E-state index in [2.05, 4.69) is 55.6 Å². The zero-order valence-electron chi connectivity index (χ0n) is 19.6. The van der Waals surface area contributed by atoms with Crippen LogP contribution < -0.4 is 20.6 Å². The number of anilines is 1. The van der Waals surface area contributed by atoms with E-state index in [0.29, 0.717) is 23.8 Å². The summed E-state index contributed by atoms with van der Waals surface area (Å²) >= 11 is 0. The van der Waals surface area contributed by atoms with E-state index < -0.39 is 0 Å². The maximum absolute atomic E-state index is 12.1. The zero-order chi connectivity index (χ0) is 23.8. The van der Waals surface area contributed by atoms with E-state index >= 15 is 0 Å². The van der Waals surface area contributed by atoms with E-state index in [4.69, 9.17) is 15.2 Å². The maximum atomic E-state index is 12.1. The maximum Gasteiger partial charge on any atom is 0.244 e. The molecule has 0 saturated carbocycles. The number of nitrogens with zero attached hydrogens (tertiary/aromatic N) is 1. The highest BCUT2D eigenvalue weighted by Crippen LogP contribution is 2.29. The number of benzene rings is 3. The topological polar surface area (TPSA) is 85.9 Å². The van der Waals surface area contributed by atoms with Crippen LogP contribution >= 0.6 is 0 Å². The number of carbonyl (C=O) groups is 1. The van der Waals surface area contributed by atoms with Crippen LogP contribution in [-0.2, 0) is 23.2 Å². The highest BCUT2D eigenvalue weighted by Gasteiger charge is 2.13. The van der Waals surface area contributed by atoms with Gasteiger partial charge in [0.25, 0.3) is 0 Å². The van der Waals surface area contributed by atoms with Gasteiger partial charge in [-0.15, -0.1) is 0 Å². The van der Waals surface area contributed by atoms with Crippen molar-refractivity contribution < 1.29 is 14.3 Å². The third-order valence-electron chi connectivity index (χ3n) is 5.15.